The third-order valence-electron chi connectivity index (χ3n) is 24.3. The van der Waals surface area contributed by atoms with Gasteiger partial charge in [-0.2, -0.15) is 0 Å². The molecule has 2 fully saturated rings. The van der Waals surface area contributed by atoms with Crippen LogP contribution in [0.3, 0.4) is 0 Å². The van der Waals surface area contributed by atoms with E-state index in [4.69, 9.17) is 36.0 Å². The maximum Gasteiger partial charge on any atom is 0.201 e. The van der Waals surface area contributed by atoms with Gasteiger partial charge in [0.25, 0.3) is 0 Å². The van der Waals surface area contributed by atoms with Gasteiger partial charge in [0.1, 0.15) is 61.0 Å². The molecule has 10 atom stereocenters. The highest BCUT2D eigenvalue weighted by atomic mass is 28.4. The van der Waals surface area contributed by atoms with Gasteiger partial charge in [-0.1, -0.05) is 287 Å². The summed E-state index contributed by atoms with van der Waals surface area (Å²) in [6.45, 7) is 88.5. The first-order valence-corrected chi connectivity index (χ1v) is 51.3. The van der Waals surface area contributed by atoms with Crippen molar-refractivity contribution in [2.24, 2.45) is 0 Å². The lowest BCUT2D eigenvalue weighted by Crippen LogP contribution is -2.69. The summed E-state index contributed by atoms with van der Waals surface area (Å²) in [6, 6.07) is 6.43. The maximum atomic E-state index is 11.9. The van der Waals surface area contributed by atoms with Crippen molar-refractivity contribution in [1.29, 1.82) is 0 Å². The minimum atomic E-state index is -2.69. The van der Waals surface area contributed by atoms with E-state index in [1.54, 1.807) is 0 Å². The molecule has 0 aromatic heterocycles. The first-order valence-electron chi connectivity index (χ1n) is 38.4. The number of aliphatic hydroxyl groups excluding tert-OH is 2. The van der Waals surface area contributed by atoms with Crippen molar-refractivity contribution in [3.05, 3.63) is 34.9 Å². The summed E-state index contributed by atoms with van der Waals surface area (Å²) in [7, 11) is -16.0. The van der Waals surface area contributed by atoms with E-state index in [0.29, 0.717) is 0 Å². The summed E-state index contributed by atoms with van der Waals surface area (Å²) < 4.78 is 63.6. The minimum absolute atomic E-state index is 0.0814. The second-order valence-corrected chi connectivity index (χ2v) is 67.9. The number of aliphatic hydroxyl groups is 2. The smallest absolute Gasteiger partial charge is 0.201 e. The predicted molar refractivity (Wildman–Crippen MR) is 421 cm³/mol. The van der Waals surface area contributed by atoms with Crippen molar-refractivity contribution in [1.82, 2.24) is 0 Å². The van der Waals surface area contributed by atoms with Crippen LogP contribution in [0.4, 0.5) is 0 Å². The number of rotatable bonds is 33. The standard InChI is InChI=1S/C79H152O10Si6/c1-48(2)69-45-67(40-43-70-74(84-90(49(3)4,50(5)6)51(7)8)78(88-94(61(27)28,62(29)30)63(31)32)76(72(46-80)82-70)86-92(55(15)16,56(17)18)57(19)20)39-41-68(69)42-44-71-75(85-91(52(9)10,53(11)12)54(13)14)79(89-95(64(33)34,65(35)36)66(37)38)77(73(47-81)83-71)87-93(58(21)22,59(23)24)60(25)26/h39,41,45,48-66,70-81H,46-47H2,1-38H3/t70-,71-,72-,73-,74-,75-,76-,77-,78+,79-/m1/s1. The second kappa shape index (κ2) is 36.1. The molecule has 0 amide bonds. The van der Waals surface area contributed by atoms with Crippen LogP contribution in [0.15, 0.2) is 18.2 Å². The zero-order chi connectivity index (χ0) is 73.5. The molecule has 2 aliphatic heterocycles. The third kappa shape index (κ3) is 17.9. The Morgan fingerprint density at radius 1 is 0.305 bits per heavy atom. The van der Waals surface area contributed by atoms with Crippen molar-refractivity contribution in [3.8, 4) is 23.7 Å². The van der Waals surface area contributed by atoms with Gasteiger partial charge in [-0.3, -0.25) is 0 Å². The van der Waals surface area contributed by atoms with E-state index >= 15 is 0 Å². The first kappa shape index (κ1) is 88.5. The fourth-order valence-electron chi connectivity index (χ4n) is 20.6. The molecule has 0 spiro atoms. The summed E-state index contributed by atoms with van der Waals surface area (Å²) in [6.07, 6.45) is -6.38. The predicted octanol–water partition coefficient (Wildman–Crippen LogP) is 22.4. The van der Waals surface area contributed by atoms with E-state index in [1.807, 2.05) is 0 Å². The maximum absolute atomic E-state index is 11.9. The normalized spacial score (nSPS) is 23.6. The van der Waals surface area contributed by atoms with Gasteiger partial charge in [0.05, 0.1) is 13.2 Å². The number of ether oxygens (including phenoxy) is 2. The van der Waals surface area contributed by atoms with E-state index in [0.717, 1.165) is 16.7 Å². The zero-order valence-electron chi connectivity index (χ0n) is 68.5. The molecule has 2 saturated heterocycles. The van der Waals surface area contributed by atoms with Crippen LogP contribution in [0, 0.1) is 23.7 Å². The molecule has 2 heterocycles. The molecule has 0 unspecified atom stereocenters. The van der Waals surface area contributed by atoms with Gasteiger partial charge in [-0.15, -0.1) is 0 Å². The van der Waals surface area contributed by atoms with Crippen LogP contribution < -0.4 is 0 Å². The molecule has 1 aromatic rings. The van der Waals surface area contributed by atoms with Crippen LogP contribution >= 0.6 is 0 Å². The van der Waals surface area contributed by atoms with E-state index in [-0.39, 0.29) is 119 Å². The van der Waals surface area contributed by atoms with E-state index in [2.05, 4.69) is 305 Å². The molecule has 10 nitrogen and oxygen atoms in total. The zero-order valence-corrected chi connectivity index (χ0v) is 74.5. The van der Waals surface area contributed by atoms with Gasteiger partial charge in [0, 0.05) is 11.1 Å². The van der Waals surface area contributed by atoms with Crippen molar-refractivity contribution < 1.29 is 46.2 Å². The molecular formula is C79H152O10Si6. The van der Waals surface area contributed by atoms with Crippen molar-refractivity contribution in [3.63, 3.8) is 0 Å². The lowest BCUT2D eigenvalue weighted by Gasteiger charge is -2.56. The topological polar surface area (TPSA) is 114 Å². The molecule has 16 heteroatoms. The Hall–Kier alpha value is -0.759. The lowest BCUT2D eigenvalue weighted by atomic mass is 9.93. The SMILES string of the molecule is CC(C)c1cc(C#C[C@H]2O[C@H](CO)[C@@H](O[Si](C(C)C)(C(C)C)C(C)C)[C@@H](O[Si](C(C)C)(C(C)C)C(C)C)[C@@H]2O[Si](C(C)C)(C(C)C)C(C)C)ccc1C#C[C@H]1O[C@H](CO)[C@@H](O[Si](C(C)C)(C(C)C)C(C)C)[C@H](O[Si](C(C)C)(C(C)C)C(C)C)[C@@H]1O[Si](C(C)C)(C(C)C)C(C)C. The third-order valence-corrected chi connectivity index (χ3v) is 60.9. The van der Waals surface area contributed by atoms with Gasteiger partial charge in [-0.25, -0.2) is 0 Å². The average molecular weight is 1430 g/mol. The van der Waals surface area contributed by atoms with Crippen LogP contribution in [0.1, 0.15) is 286 Å². The van der Waals surface area contributed by atoms with Gasteiger partial charge in [0.15, 0.2) is 0 Å². The largest absolute Gasteiger partial charge is 0.408 e. The molecule has 3 rings (SSSR count). The number of hydrogen-bond acceptors (Lipinski definition) is 10. The highest BCUT2D eigenvalue weighted by molar-refractivity contribution is 6.80. The van der Waals surface area contributed by atoms with Crippen molar-refractivity contribution >= 4 is 49.9 Å². The summed E-state index contributed by atoms with van der Waals surface area (Å²) >= 11 is 0. The average Bonchev–Trinajstić information content (AvgIpc) is 0.744. The van der Waals surface area contributed by atoms with Crippen LogP contribution in [0.2, 0.25) is 99.7 Å². The molecule has 0 radical (unpaired) electrons. The number of hydrogen-bond donors (Lipinski definition) is 2. The molecule has 552 valence electrons. The van der Waals surface area contributed by atoms with E-state index in [1.165, 1.54) is 0 Å². The molecule has 1 aromatic carbocycles. The van der Waals surface area contributed by atoms with Crippen molar-refractivity contribution in [2.75, 3.05) is 13.2 Å². The molecule has 2 N–H and O–H groups in total. The van der Waals surface area contributed by atoms with Gasteiger partial charge in [0.2, 0.25) is 49.9 Å². The summed E-state index contributed by atoms with van der Waals surface area (Å²) in [5, 5.41) is 23.7. The van der Waals surface area contributed by atoms with E-state index in [9.17, 15) is 10.2 Å². The fraction of sp³-hybridized carbons (Fsp3) is 0.873. The minimum Gasteiger partial charge on any atom is -0.408 e. The van der Waals surface area contributed by atoms with Crippen molar-refractivity contribution in [2.45, 2.75) is 430 Å². The molecule has 2 aliphatic rings. The Morgan fingerprint density at radius 3 is 0.726 bits per heavy atom. The van der Waals surface area contributed by atoms with Crippen LogP contribution in [-0.2, 0) is 36.0 Å². The summed E-state index contributed by atoms with van der Waals surface area (Å²) in [4.78, 5) is 0. The van der Waals surface area contributed by atoms with Crippen LogP contribution in [0.25, 0.3) is 0 Å². The summed E-state index contributed by atoms with van der Waals surface area (Å²) in [5.41, 5.74) is 7.88. The Morgan fingerprint density at radius 2 is 0.516 bits per heavy atom. The monoisotopic (exact) mass is 1430 g/mol. The highest BCUT2D eigenvalue weighted by Crippen LogP contribution is 2.54. The molecular weight excluding hydrogens is 1280 g/mol. The Kier molecular flexibility index (Phi) is 33.6. The van der Waals surface area contributed by atoms with Gasteiger partial charge < -0.3 is 46.2 Å². The Bertz CT molecular complexity index is 2470. The fourth-order valence-corrected chi connectivity index (χ4v) is 53.9. The van der Waals surface area contributed by atoms with Crippen LogP contribution in [-0.4, -0.2) is 134 Å². The van der Waals surface area contributed by atoms with Gasteiger partial charge in [-0.05, 0) is 129 Å². The molecule has 0 bridgehead atoms. The quantitative estimate of drug-likeness (QED) is 0.0521. The molecule has 95 heavy (non-hydrogen) atoms. The molecule has 0 saturated carbocycles. The van der Waals surface area contributed by atoms with E-state index < -0.39 is 111 Å². The highest BCUT2D eigenvalue weighted by Gasteiger charge is 2.63. The Labute approximate surface area is 594 Å². The van der Waals surface area contributed by atoms with Gasteiger partial charge >= 0.3 is 0 Å². The first-order chi connectivity index (χ1) is 43.7. The Balaban J connectivity index is 2.64. The summed E-state index contributed by atoms with van der Waals surface area (Å²) in [5.74, 6) is 15.1. The second-order valence-electron chi connectivity index (χ2n) is 35.5. The van der Waals surface area contributed by atoms with Crippen LogP contribution in [0.5, 0.6) is 0 Å². The lowest BCUT2D eigenvalue weighted by molar-refractivity contribution is -0.203. The number of benzene rings is 1. The molecule has 0 aliphatic carbocycles.